The highest BCUT2D eigenvalue weighted by molar-refractivity contribution is 5.94. The van der Waals surface area contributed by atoms with Gasteiger partial charge in [-0.3, -0.25) is 14.3 Å². The van der Waals surface area contributed by atoms with Crippen LogP contribution in [0.4, 0.5) is 5.69 Å². The average molecular weight is 353 g/mol. The minimum absolute atomic E-state index is 0. The van der Waals surface area contributed by atoms with E-state index < -0.39 is 0 Å². The molecule has 0 aliphatic rings. The molecule has 6 nitrogen and oxygen atoms in total. The Morgan fingerprint density at radius 3 is 2.46 bits per heavy atom. The zero-order valence-corrected chi connectivity index (χ0v) is 15.3. The lowest BCUT2D eigenvalue weighted by atomic mass is 10.3. The molecule has 0 aliphatic carbocycles. The number of hydrogen-bond donors (Lipinski definition) is 2. The lowest BCUT2D eigenvalue weighted by Gasteiger charge is -2.12. The van der Waals surface area contributed by atoms with E-state index in [1.807, 2.05) is 44.2 Å². The summed E-state index contributed by atoms with van der Waals surface area (Å²) >= 11 is 0. The van der Waals surface area contributed by atoms with Crippen LogP contribution in [0.15, 0.2) is 35.1 Å². The summed E-state index contributed by atoms with van der Waals surface area (Å²) < 4.78 is 3.30. The van der Waals surface area contributed by atoms with Gasteiger partial charge in [-0.2, -0.15) is 0 Å². The number of halogens is 1. The molecule has 7 heteroatoms. The van der Waals surface area contributed by atoms with Crippen LogP contribution in [0.3, 0.4) is 0 Å². The highest BCUT2D eigenvalue weighted by Crippen LogP contribution is 2.14. The number of aromatic nitrogens is 2. The van der Waals surface area contributed by atoms with E-state index in [4.69, 9.17) is 0 Å². The van der Waals surface area contributed by atoms with Crippen LogP contribution in [0.1, 0.15) is 26.0 Å². The van der Waals surface area contributed by atoms with E-state index in [9.17, 15) is 9.59 Å². The highest BCUT2D eigenvalue weighted by Gasteiger charge is 2.20. The third-order valence-electron chi connectivity index (χ3n) is 3.90. The summed E-state index contributed by atoms with van der Waals surface area (Å²) in [4.78, 5) is 24.9. The summed E-state index contributed by atoms with van der Waals surface area (Å²) in [5.41, 5.74) is 1.58. The van der Waals surface area contributed by atoms with Crippen molar-refractivity contribution in [2.45, 2.75) is 33.2 Å². The van der Waals surface area contributed by atoms with E-state index in [2.05, 4.69) is 10.6 Å². The molecule has 0 bridgehead atoms. The molecular formula is C17H25ClN4O2. The van der Waals surface area contributed by atoms with Gasteiger partial charge in [0.15, 0.2) is 0 Å². The van der Waals surface area contributed by atoms with Crippen molar-refractivity contribution in [2.75, 3.05) is 11.9 Å². The molecule has 0 fully saturated rings. The molecule has 0 saturated carbocycles. The Hall–Kier alpha value is -2.05. The van der Waals surface area contributed by atoms with E-state index in [1.54, 1.807) is 23.3 Å². The van der Waals surface area contributed by atoms with Gasteiger partial charge >= 0.3 is 0 Å². The minimum atomic E-state index is -0.348. The van der Waals surface area contributed by atoms with Gasteiger partial charge in [-0.1, -0.05) is 25.1 Å². The number of benzene rings is 1. The number of para-hydroxylation sites is 1. The molecular weight excluding hydrogens is 328 g/mol. The van der Waals surface area contributed by atoms with Crippen molar-refractivity contribution in [3.8, 4) is 5.69 Å². The van der Waals surface area contributed by atoms with Crippen LogP contribution in [0, 0.1) is 6.92 Å². The van der Waals surface area contributed by atoms with Gasteiger partial charge < -0.3 is 10.6 Å². The molecule has 1 atom stereocenters. The smallest absolute Gasteiger partial charge is 0.295 e. The second kappa shape index (κ2) is 8.70. The van der Waals surface area contributed by atoms with Crippen molar-refractivity contribution in [1.82, 2.24) is 14.7 Å². The maximum absolute atomic E-state index is 12.7. The number of rotatable bonds is 6. The zero-order chi connectivity index (χ0) is 17.0. The molecule has 132 valence electrons. The lowest BCUT2D eigenvalue weighted by molar-refractivity contribution is -0.117. The van der Waals surface area contributed by atoms with Gasteiger partial charge in [-0.05, 0) is 38.9 Å². The first kappa shape index (κ1) is 20.0. The fourth-order valence-electron chi connectivity index (χ4n) is 2.40. The zero-order valence-electron chi connectivity index (χ0n) is 14.5. The number of hydrogen-bond acceptors (Lipinski definition) is 3. The van der Waals surface area contributed by atoms with Gasteiger partial charge in [0.1, 0.15) is 5.69 Å². The monoisotopic (exact) mass is 352 g/mol. The van der Waals surface area contributed by atoms with Gasteiger partial charge in [-0.25, -0.2) is 4.68 Å². The summed E-state index contributed by atoms with van der Waals surface area (Å²) in [6.07, 6.45) is 0.947. The molecule has 2 N–H and O–H groups in total. The number of carbonyl (C=O) groups is 1. The van der Waals surface area contributed by atoms with Gasteiger partial charge in [0.25, 0.3) is 5.56 Å². The van der Waals surface area contributed by atoms with Crippen molar-refractivity contribution in [3.63, 3.8) is 0 Å². The normalized spacial score (nSPS) is 11.7. The van der Waals surface area contributed by atoms with Gasteiger partial charge in [-0.15, -0.1) is 12.4 Å². The first-order chi connectivity index (χ1) is 11.0. The molecule has 1 aromatic carbocycles. The second-order valence-electron chi connectivity index (χ2n) is 5.60. The Kier molecular flexibility index (Phi) is 7.25. The van der Waals surface area contributed by atoms with E-state index >= 15 is 0 Å². The fourth-order valence-corrected chi connectivity index (χ4v) is 2.40. The Morgan fingerprint density at radius 1 is 1.25 bits per heavy atom. The number of anilines is 1. The number of nitrogens with zero attached hydrogens (tertiary/aromatic N) is 2. The molecule has 0 saturated heterocycles. The molecule has 1 unspecified atom stereocenters. The Morgan fingerprint density at radius 2 is 1.88 bits per heavy atom. The van der Waals surface area contributed by atoms with Crippen LogP contribution in [-0.2, 0) is 11.8 Å². The van der Waals surface area contributed by atoms with Crippen LogP contribution in [-0.4, -0.2) is 27.9 Å². The summed E-state index contributed by atoms with van der Waals surface area (Å²) in [6.45, 7) is 6.41. The maximum atomic E-state index is 12.7. The lowest BCUT2D eigenvalue weighted by Crippen LogP contribution is -2.39. The van der Waals surface area contributed by atoms with Crippen molar-refractivity contribution >= 4 is 24.0 Å². The van der Waals surface area contributed by atoms with Crippen LogP contribution in [0.2, 0.25) is 0 Å². The molecule has 0 spiro atoms. The molecule has 1 aromatic heterocycles. The topological polar surface area (TPSA) is 68.1 Å². The maximum Gasteiger partial charge on any atom is 0.295 e. The highest BCUT2D eigenvalue weighted by atomic mass is 35.5. The summed E-state index contributed by atoms with van der Waals surface area (Å²) in [7, 11) is 1.80. The average Bonchev–Trinajstić information content (AvgIpc) is 2.77. The van der Waals surface area contributed by atoms with Crippen molar-refractivity contribution in [3.05, 3.63) is 46.4 Å². The first-order valence-electron chi connectivity index (χ1n) is 7.85. The minimum Gasteiger partial charge on any atom is -0.319 e. The van der Waals surface area contributed by atoms with Crippen molar-refractivity contribution in [2.24, 2.45) is 7.05 Å². The van der Waals surface area contributed by atoms with Crippen LogP contribution < -0.4 is 16.2 Å². The van der Waals surface area contributed by atoms with Gasteiger partial charge in [0, 0.05) is 7.05 Å². The van der Waals surface area contributed by atoms with Crippen LogP contribution >= 0.6 is 12.4 Å². The van der Waals surface area contributed by atoms with Crippen molar-refractivity contribution in [1.29, 1.82) is 0 Å². The third kappa shape index (κ3) is 4.07. The third-order valence-corrected chi connectivity index (χ3v) is 3.90. The van der Waals surface area contributed by atoms with Crippen molar-refractivity contribution < 1.29 is 4.79 Å². The molecule has 2 aromatic rings. The quantitative estimate of drug-likeness (QED) is 0.837. The van der Waals surface area contributed by atoms with Crippen LogP contribution in [0.25, 0.3) is 5.69 Å². The predicted octanol–water partition coefficient (Wildman–Crippen LogP) is 2.23. The molecule has 2 rings (SSSR count). The van der Waals surface area contributed by atoms with Gasteiger partial charge in [0.05, 0.1) is 17.4 Å². The summed E-state index contributed by atoms with van der Waals surface area (Å²) in [6, 6.07) is 9.02. The largest absolute Gasteiger partial charge is 0.319 e. The van der Waals surface area contributed by atoms with E-state index in [1.165, 1.54) is 0 Å². The molecule has 1 amide bonds. The molecule has 24 heavy (non-hydrogen) atoms. The molecule has 0 radical (unpaired) electrons. The Labute approximate surface area is 148 Å². The Balaban J connectivity index is 0.00000288. The SMILES string of the molecule is CCCNC(C)C(=O)Nc1c(C)n(C)n(-c2ccccc2)c1=O.Cl. The van der Waals surface area contributed by atoms with E-state index in [0.717, 1.165) is 24.3 Å². The van der Waals surface area contributed by atoms with E-state index in [-0.39, 0.29) is 29.9 Å². The Bertz CT molecular complexity index is 737. The second-order valence-corrected chi connectivity index (χ2v) is 5.60. The van der Waals surface area contributed by atoms with Gasteiger partial charge in [0.2, 0.25) is 5.91 Å². The predicted molar refractivity (Wildman–Crippen MR) is 99.4 cm³/mol. The fraction of sp³-hybridized carbons (Fsp3) is 0.412. The number of nitrogens with one attached hydrogen (secondary N) is 2. The van der Waals surface area contributed by atoms with E-state index in [0.29, 0.717) is 5.69 Å². The molecule has 1 heterocycles. The molecule has 0 aliphatic heterocycles. The summed E-state index contributed by atoms with van der Waals surface area (Å²) in [5, 5.41) is 5.88. The standard InChI is InChI=1S/C17H24N4O2.ClH/c1-5-11-18-12(2)16(22)19-15-13(3)20(4)21(17(15)23)14-9-7-6-8-10-14;/h6-10,12,18H,5,11H2,1-4H3,(H,19,22);1H. The number of amides is 1. The van der Waals surface area contributed by atoms with Crippen LogP contribution in [0.5, 0.6) is 0 Å². The summed E-state index contributed by atoms with van der Waals surface area (Å²) in [5.74, 6) is -0.204. The first-order valence-corrected chi connectivity index (χ1v) is 7.85. The number of carbonyl (C=O) groups excluding carboxylic acids is 1.